The highest BCUT2D eigenvalue weighted by Gasteiger charge is 2.26. The number of carbonyl (C=O) groups is 2. The molecule has 0 bridgehead atoms. The minimum Gasteiger partial charge on any atom is -0.469 e. The number of aromatic nitrogens is 6. The average Bonchev–Trinajstić information content (AvgIpc) is 3.61. The minimum absolute atomic E-state index is 0.0974. The van der Waals surface area contributed by atoms with E-state index in [1.807, 2.05) is 25.1 Å². The number of tetrazole rings is 1. The van der Waals surface area contributed by atoms with Gasteiger partial charge in [0.1, 0.15) is 23.5 Å². The largest absolute Gasteiger partial charge is 0.469 e. The highest BCUT2D eigenvalue weighted by Crippen LogP contribution is 2.32. The molecule has 0 saturated carbocycles. The van der Waals surface area contributed by atoms with Gasteiger partial charge in [-0.15, -0.1) is 0 Å². The van der Waals surface area contributed by atoms with E-state index in [9.17, 15) is 14.4 Å². The number of hydrogen-bond acceptors (Lipinski definition) is 8. The molecule has 0 saturated heterocycles. The number of fused-ring (bicyclic) bond motifs is 1. The van der Waals surface area contributed by atoms with Gasteiger partial charge in [-0.25, -0.2) is 14.8 Å². The standard InChI is InChI=1S/C24H24N8O4/c1-3-17-8-14(12-36-17)11-25-22(33)20-10-21(27-13-26-20)23(34)28-19-7-4-15-9-16(5-6-18(15)19)32-24(35)31(2)29-30-32/h5-6,8-10,12-13,19H,3-4,7,11H2,1-2H3,(H,25,33)(H,28,34)/t19-/m0/s1. The molecule has 1 aliphatic carbocycles. The number of rotatable bonds is 7. The van der Waals surface area contributed by atoms with E-state index in [0.717, 1.165) is 40.0 Å². The smallest absolute Gasteiger partial charge is 0.368 e. The van der Waals surface area contributed by atoms with Gasteiger partial charge in [0.15, 0.2) is 0 Å². The van der Waals surface area contributed by atoms with Crippen molar-refractivity contribution in [2.24, 2.45) is 7.05 Å². The van der Waals surface area contributed by atoms with E-state index in [4.69, 9.17) is 4.42 Å². The van der Waals surface area contributed by atoms with E-state index in [-0.39, 0.29) is 29.7 Å². The summed E-state index contributed by atoms with van der Waals surface area (Å²) in [5, 5.41) is 13.4. The summed E-state index contributed by atoms with van der Waals surface area (Å²) >= 11 is 0. The Hall–Kier alpha value is -4.61. The molecule has 1 atom stereocenters. The molecule has 12 heteroatoms. The number of aryl methyl sites for hydroxylation is 3. The molecule has 36 heavy (non-hydrogen) atoms. The first-order valence-electron chi connectivity index (χ1n) is 11.5. The monoisotopic (exact) mass is 488 g/mol. The fraction of sp³-hybridized carbons (Fsp3) is 0.292. The maximum Gasteiger partial charge on any atom is 0.368 e. The lowest BCUT2D eigenvalue weighted by molar-refractivity contribution is 0.0931. The Labute approximate surface area is 205 Å². The first-order valence-corrected chi connectivity index (χ1v) is 11.5. The molecule has 0 unspecified atom stereocenters. The quantitative estimate of drug-likeness (QED) is 0.395. The predicted molar refractivity (Wildman–Crippen MR) is 126 cm³/mol. The second-order valence-electron chi connectivity index (χ2n) is 8.49. The van der Waals surface area contributed by atoms with Crippen LogP contribution in [0.1, 0.15) is 62.8 Å². The normalized spacial score (nSPS) is 14.4. The van der Waals surface area contributed by atoms with Crippen molar-refractivity contribution in [1.29, 1.82) is 0 Å². The van der Waals surface area contributed by atoms with Gasteiger partial charge in [-0.3, -0.25) is 9.59 Å². The summed E-state index contributed by atoms with van der Waals surface area (Å²) < 4.78 is 7.76. The molecule has 5 rings (SSSR count). The van der Waals surface area contributed by atoms with Gasteiger partial charge in [-0.2, -0.15) is 9.36 Å². The molecule has 4 aromatic rings. The van der Waals surface area contributed by atoms with Gasteiger partial charge in [0.05, 0.1) is 18.0 Å². The van der Waals surface area contributed by atoms with Crippen LogP contribution in [0.25, 0.3) is 5.69 Å². The molecule has 2 N–H and O–H groups in total. The number of nitrogens with zero attached hydrogens (tertiary/aromatic N) is 6. The van der Waals surface area contributed by atoms with Crippen LogP contribution in [0.15, 0.2) is 52.1 Å². The van der Waals surface area contributed by atoms with Gasteiger partial charge in [-0.05, 0) is 52.6 Å². The third kappa shape index (κ3) is 4.52. The van der Waals surface area contributed by atoms with Gasteiger partial charge in [-0.1, -0.05) is 13.0 Å². The molecule has 1 aromatic carbocycles. The SMILES string of the molecule is CCc1cc(CNC(=O)c2cc(C(=O)N[C@H]3CCc4cc(-n5nnn(C)c5=O)ccc43)ncn2)co1. The molecule has 3 aromatic heterocycles. The summed E-state index contributed by atoms with van der Waals surface area (Å²) in [7, 11) is 1.54. The molecular formula is C24H24N8O4. The highest BCUT2D eigenvalue weighted by molar-refractivity contribution is 5.97. The van der Waals surface area contributed by atoms with Gasteiger partial charge in [0.2, 0.25) is 0 Å². The topological polar surface area (TPSA) is 150 Å². The Bertz CT molecular complexity index is 1500. The van der Waals surface area contributed by atoms with Crippen molar-refractivity contribution >= 4 is 11.8 Å². The van der Waals surface area contributed by atoms with E-state index < -0.39 is 11.8 Å². The van der Waals surface area contributed by atoms with Crippen LogP contribution < -0.4 is 16.3 Å². The van der Waals surface area contributed by atoms with E-state index in [1.54, 1.807) is 12.3 Å². The number of hydrogen-bond donors (Lipinski definition) is 2. The summed E-state index contributed by atoms with van der Waals surface area (Å²) in [6, 6.07) is 8.57. The lowest BCUT2D eigenvalue weighted by Crippen LogP contribution is -2.29. The van der Waals surface area contributed by atoms with Crippen molar-refractivity contribution in [2.75, 3.05) is 0 Å². The Morgan fingerprint density at radius 2 is 1.92 bits per heavy atom. The molecule has 184 valence electrons. The number of nitrogens with one attached hydrogen (secondary N) is 2. The predicted octanol–water partition coefficient (Wildman–Crippen LogP) is 1.26. The molecular weight excluding hydrogens is 464 g/mol. The molecule has 0 aliphatic heterocycles. The first-order chi connectivity index (χ1) is 17.4. The fourth-order valence-electron chi connectivity index (χ4n) is 4.18. The van der Waals surface area contributed by atoms with Crippen LogP contribution in [0.5, 0.6) is 0 Å². The number of benzene rings is 1. The summed E-state index contributed by atoms with van der Waals surface area (Å²) in [4.78, 5) is 45.7. The molecule has 3 heterocycles. The molecule has 0 radical (unpaired) electrons. The zero-order valence-electron chi connectivity index (χ0n) is 19.8. The van der Waals surface area contributed by atoms with Crippen LogP contribution in [-0.2, 0) is 26.4 Å². The summed E-state index contributed by atoms with van der Waals surface area (Å²) in [5.74, 6) is 0.0252. The summed E-state index contributed by atoms with van der Waals surface area (Å²) in [5.41, 5.74) is 3.30. The van der Waals surface area contributed by atoms with Crippen LogP contribution in [0, 0.1) is 0 Å². The van der Waals surface area contributed by atoms with Gasteiger partial charge >= 0.3 is 5.69 Å². The molecule has 12 nitrogen and oxygen atoms in total. The van der Waals surface area contributed by atoms with Crippen LogP contribution in [-0.4, -0.2) is 41.6 Å². The fourth-order valence-corrected chi connectivity index (χ4v) is 4.18. The van der Waals surface area contributed by atoms with Crippen LogP contribution >= 0.6 is 0 Å². The summed E-state index contributed by atoms with van der Waals surface area (Å²) in [6.45, 7) is 2.27. The van der Waals surface area contributed by atoms with E-state index in [2.05, 4.69) is 31.0 Å². The molecule has 0 fully saturated rings. The third-order valence-corrected chi connectivity index (χ3v) is 6.12. The second-order valence-corrected chi connectivity index (χ2v) is 8.49. The Morgan fingerprint density at radius 3 is 2.64 bits per heavy atom. The van der Waals surface area contributed by atoms with Crippen molar-refractivity contribution in [1.82, 2.24) is 40.4 Å². The van der Waals surface area contributed by atoms with Crippen molar-refractivity contribution in [3.8, 4) is 5.69 Å². The molecule has 0 spiro atoms. The van der Waals surface area contributed by atoms with Gasteiger partial charge in [0.25, 0.3) is 11.8 Å². The van der Waals surface area contributed by atoms with Crippen molar-refractivity contribution < 1.29 is 14.0 Å². The Kier molecular flexibility index (Phi) is 6.15. The van der Waals surface area contributed by atoms with E-state index in [1.165, 1.54) is 24.1 Å². The van der Waals surface area contributed by atoms with Crippen molar-refractivity contribution in [3.05, 3.63) is 87.2 Å². The van der Waals surface area contributed by atoms with Crippen molar-refractivity contribution in [3.63, 3.8) is 0 Å². The zero-order valence-corrected chi connectivity index (χ0v) is 19.8. The van der Waals surface area contributed by atoms with E-state index in [0.29, 0.717) is 12.1 Å². The third-order valence-electron chi connectivity index (χ3n) is 6.12. The minimum atomic E-state index is -0.413. The van der Waals surface area contributed by atoms with Gasteiger partial charge < -0.3 is 15.1 Å². The average molecular weight is 489 g/mol. The van der Waals surface area contributed by atoms with E-state index >= 15 is 0 Å². The second kappa shape index (κ2) is 9.56. The highest BCUT2D eigenvalue weighted by atomic mass is 16.3. The first kappa shape index (κ1) is 23.1. The lowest BCUT2D eigenvalue weighted by Gasteiger charge is -2.14. The number of carbonyl (C=O) groups excluding carboxylic acids is 2. The maximum absolute atomic E-state index is 12.9. The van der Waals surface area contributed by atoms with Crippen LogP contribution in [0.4, 0.5) is 0 Å². The Balaban J connectivity index is 1.25. The molecule has 2 amide bonds. The zero-order chi connectivity index (χ0) is 25.2. The van der Waals surface area contributed by atoms with Crippen LogP contribution in [0.2, 0.25) is 0 Å². The van der Waals surface area contributed by atoms with Crippen LogP contribution in [0.3, 0.4) is 0 Å². The van der Waals surface area contributed by atoms with Gasteiger partial charge in [0, 0.05) is 31.6 Å². The molecule has 1 aliphatic rings. The number of amides is 2. The summed E-state index contributed by atoms with van der Waals surface area (Å²) in [6.07, 6.45) is 5.00. The maximum atomic E-state index is 12.9. The van der Waals surface area contributed by atoms with Crippen molar-refractivity contribution in [2.45, 2.75) is 38.8 Å². The Morgan fingerprint density at radius 1 is 1.11 bits per heavy atom. The lowest BCUT2D eigenvalue weighted by atomic mass is 10.1. The number of furan rings is 1.